The smallest absolute Gasteiger partial charge is 0.221 e. The summed E-state index contributed by atoms with van der Waals surface area (Å²) in [4.78, 5) is 11.4. The largest absolute Gasteiger partial charge is 0.468 e. The molecule has 2 N–H and O–H groups in total. The molecule has 0 aliphatic heterocycles. The van der Waals surface area contributed by atoms with E-state index in [2.05, 4.69) is 17.6 Å². The lowest BCUT2D eigenvalue weighted by atomic mass is 10.1. The number of rotatable bonds is 7. The molecule has 1 amide bonds. The number of carbonyl (C=O) groups excluding carboxylic acids is 1. The van der Waals surface area contributed by atoms with E-state index in [0.29, 0.717) is 13.0 Å². The molecule has 1 heterocycles. The molecule has 0 spiro atoms. The van der Waals surface area contributed by atoms with Gasteiger partial charge in [0.05, 0.1) is 12.3 Å². The lowest BCUT2D eigenvalue weighted by Gasteiger charge is -2.14. The van der Waals surface area contributed by atoms with Crippen molar-refractivity contribution in [2.24, 2.45) is 0 Å². The fraction of sp³-hybridized carbons (Fsp3) is 0.615. The molecule has 0 aliphatic carbocycles. The fourth-order valence-electron chi connectivity index (χ4n) is 1.69. The van der Waals surface area contributed by atoms with E-state index in [0.717, 1.165) is 12.2 Å². The van der Waals surface area contributed by atoms with Crippen LogP contribution in [-0.2, 0) is 4.79 Å². The van der Waals surface area contributed by atoms with Crippen LogP contribution in [0.3, 0.4) is 0 Å². The van der Waals surface area contributed by atoms with Crippen molar-refractivity contribution in [1.29, 1.82) is 0 Å². The van der Waals surface area contributed by atoms with Gasteiger partial charge in [-0.15, -0.1) is 0 Å². The first kappa shape index (κ1) is 13.8. The van der Waals surface area contributed by atoms with Crippen LogP contribution in [0, 0.1) is 0 Å². The minimum atomic E-state index is 0.0850. The van der Waals surface area contributed by atoms with E-state index in [-0.39, 0.29) is 18.0 Å². The summed E-state index contributed by atoms with van der Waals surface area (Å²) in [6.07, 6.45) is 3.11. The van der Waals surface area contributed by atoms with Crippen molar-refractivity contribution in [2.75, 3.05) is 6.54 Å². The van der Waals surface area contributed by atoms with Gasteiger partial charge in [-0.2, -0.15) is 0 Å². The first-order chi connectivity index (χ1) is 8.13. The summed E-state index contributed by atoms with van der Waals surface area (Å²) >= 11 is 0. The number of nitrogens with one attached hydrogen (secondary N) is 2. The summed E-state index contributed by atoms with van der Waals surface area (Å²) in [6, 6.07) is 4.23. The maximum Gasteiger partial charge on any atom is 0.221 e. The topological polar surface area (TPSA) is 54.3 Å². The molecule has 0 saturated carbocycles. The molecule has 1 aromatic heterocycles. The number of hydrogen-bond acceptors (Lipinski definition) is 3. The highest BCUT2D eigenvalue weighted by molar-refractivity contribution is 5.76. The summed E-state index contributed by atoms with van der Waals surface area (Å²) in [5, 5.41) is 6.19. The fourth-order valence-corrected chi connectivity index (χ4v) is 1.69. The van der Waals surface area contributed by atoms with Crippen molar-refractivity contribution in [3.63, 3.8) is 0 Å². The third-order valence-electron chi connectivity index (χ3n) is 2.49. The molecular weight excluding hydrogens is 216 g/mol. The predicted molar refractivity (Wildman–Crippen MR) is 67.6 cm³/mol. The SMILES string of the molecule is CCC(NCCC(=O)NC(C)C)c1ccco1. The monoisotopic (exact) mass is 238 g/mol. The summed E-state index contributed by atoms with van der Waals surface area (Å²) in [5.41, 5.74) is 0. The molecule has 0 saturated heterocycles. The average molecular weight is 238 g/mol. The molecule has 0 aliphatic rings. The van der Waals surface area contributed by atoms with Gasteiger partial charge < -0.3 is 15.1 Å². The van der Waals surface area contributed by atoms with Crippen LogP contribution in [0.5, 0.6) is 0 Å². The normalized spacial score (nSPS) is 12.7. The van der Waals surface area contributed by atoms with Gasteiger partial charge >= 0.3 is 0 Å². The molecule has 0 bridgehead atoms. The van der Waals surface area contributed by atoms with Crippen molar-refractivity contribution in [3.05, 3.63) is 24.2 Å². The van der Waals surface area contributed by atoms with Crippen LogP contribution in [0.1, 0.15) is 45.4 Å². The third kappa shape index (κ3) is 5.04. The van der Waals surface area contributed by atoms with Crippen molar-refractivity contribution >= 4 is 5.91 Å². The summed E-state index contributed by atoms with van der Waals surface area (Å²) in [5.74, 6) is 1.01. The molecule has 1 aromatic rings. The van der Waals surface area contributed by atoms with E-state index >= 15 is 0 Å². The molecule has 0 fully saturated rings. The second kappa shape index (κ2) is 7.12. The Morgan fingerprint density at radius 2 is 2.24 bits per heavy atom. The lowest BCUT2D eigenvalue weighted by Crippen LogP contribution is -2.33. The van der Waals surface area contributed by atoms with Gasteiger partial charge in [-0.05, 0) is 32.4 Å². The first-order valence-corrected chi connectivity index (χ1v) is 6.19. The van der Waals surface area contributed by atoms with Crippen molar-refractivity contribution < 1.29 is 9.21 Å². The molecule has 1 unspecified atom stereocenters. The van der Waals surface area contributed by atoms with Crippen LogP contribution >= 0.6 is 0 Å². The number of amides is 1. The zero-order valence-electron chi connectivity index (χ0n) is 10.8. The van der Waals surface area contributed by atoms with E-state index < -0.39 is 0 Å². The van der Waals surface area contributed by atoms with Crippen LogP contribution in [0.2, 0.25) is 0 Å². The third-order valence-corrected chi connectivity index (χ3v) is 2.49. The van der Waals surface area contributed by atoms with Gasteiger partial charge in [0, 0.05) is 19.0 Å². The van der Waals surface area contributed by atoms with E-state index in [4.69, 9.17) is 4.42 Å². The van der Waals surface area contributed by atoms with Gasteiger partial charge in [0.2, 0.25) is 5.91 Å². The summed E-state index contributed by atoms with van der Waals surface area (Å²) in [6.45, 7) is 6.68. The van der Waals surface area contributed by atoms with E-state index in [1.807, 2.05) is 26.0 Å². The predicted octanol–water partition coefficient (Wildman–Crippen LogP) is 2.23. The molecular formula is C13H22N2O2. The standard InChI is InChI=1S/C13H22N2O2/c1-4-11(12-6-5-9-17-12)14-8-7-13(16)15-10(2)3/h5-6,9-11,14H,4,7-8H2,1-3H3,(H,15,16). The number of hydrogen-bond donors (Lipinski definition) is 2. The van der Waals surface area contributed by atoms with Crippen LogP contribution in [0.15, 0.2) is 22.8 Å². The maximum atomic E-state index is 11.4. The lowest BCUT2D eigenvalue weighted by molar-refractivity contribution is -0.121. The van der Waals surface area contributed by atoms with Gasteiger partial charge in [-0.25, -0.2) is 0 Å². The first-order valence-electron chi connectivity index (χ1n) is 6.19. The van der Waals surface area contributed by atoms with E-state index in [9.17, 15) is 4.79 Å². The molecule has 0 aromatic carbocycles. The molecule has 1 atom stereocenters. The molecule has 4 nitrogen and oxygen atoms in total. The van der Waals surface area contributed by atoms with Crippen molar-refractivity contribution in [2.45, 2.75) is 45.7 Å². The molecule has 17 heavy (non-hydrogen) atoms. The van der Waals surface area contributed by atoms with E-state index in [1.54, 1.807) is 6.26 Å². The minimum Gasteiger partial charge on any atom is -0.468 e. The van der Waals surface area contributed by atoms with Gasteiger partial charge in [0.25, 0.3) is 0 Å². The number of carbonyl (C=O) groups is 1. The Balaban J connectivity index is 2.27. The van der Waals surface area contributed by atoms with Crippen LogP contribution in [0.25, 0.3) is 0 Å². The van der Waals surface area contributed by atoms with Crippen LogP contribution in [-0.4, -0.2) is 18.5 Å². The summed E-state index contributed by atoms with van der Waals surface area (Å²) in [7, 11) is 0. The zero-order chi connectivity index (χ0) is 12.7. The highest BCUT2D eigenvalue weighted by Gasteiger charge is 2.11. The maximum absolute atomic E-state index is 11.4. The highest BCUT2D eigenvalue weighted by atomic mass is 16.3. The Morgan fingerprint density at radius 3 is 2.76 bits per heavy atom. The molecule has 4 heteroatoms. The van der Waals surface area contributed by atoms with E-state index in [1.165, 1.54) is 0 Å². The Labute approximate surface area is 103 Å². The number of furan rings is 1. The highest BCUT2D eigenvalue weighted by Crippen LogP contribution is 2.16. The summed E-state index contributed by atoms with van der Waals surface area (Å²) < 4.78 is 5.35. The quantitative estimate of drug-likeness (QED) is 0.766. The molecule has 1 rings (SSSR count). The van der Waals surface area contributed by atoms with Crippen molar-refractivity contribution in [1.82, 2.24) is 10.6 Å². The second-order valence-electron chi connectivity index (χ2n) is 4.40. The van der Waals surface area contributed by atoms with Crippen molar-refractivity contribution in [3.8, 4) is 0 Å². The minimum absolute atomic E-state index is 0.0850. The Kier molecular flexibility index (Phi) is 5.77. The van der Waals surface area contributed by atoms with Crippen LogP contribution < -0.4 is 10.6 Å². The Morgan fingerprint density at radius 1 is 1.47 bits per heavy atom. The second-order valence-corrected chi connectivity index (χ2v) is 4.40. The van der Waals surface area contributed by atoms with Crippen LogP contribution in [0.4, 0.5) is 0 Å². The molecule has 96 valence electrons. The zero-order valence-corrected chi connectivity index (χ0v) is 10.8. The van der Waals surface area contributed by atoms with Gasteiger partial charge in [0.15, 0.2) is 0 Å². The molecule has 0 radical (unpaired) electrons. The average Bonchev–Trinajstić information content (AvgIpc) is 2.76. The Bertz CT molecular complexity index is 320. The van der Waals surface area contributed by atoms with Gasteiger partial charge in [-0.3, -0.25) is 4.79 Å². The Hall–Kier alpha value is -1.29. The van der Waals surface area contributed by atoms with Gasteiger partial charge in [-0.1, -0.05) is 6.92 Å². The van der Waals surface area contributed by atoms with Gasteiger partial charge in [0.1, 0.15) is 5.76 Å².